The molecule has 0 amide bonds. The largest absolute Gasteiger partial charge is 0.416 e. The lowest BCUT2D eigenvalue weighted by Crippen LogP contribution is -2.28. The Hall–Kier alpha value is -1.35. The van der Waals surface area contributed by atoms with Crippen molar-refractivity contribution < 1.29 is 30.8 Å². The fourth-order valence-corrected chi connectivity index (χ4v) is 3.54. The number of hydrogen-bond donors (Lipinski definition) is 0. The molecule has 1 heterocycles. The summed E-state index contributed by atoms with van der Waals surface area (Å²) in [4.78, 5) is 4.95. The average molecular weight is 374 g/mol. The molecule has 10 heteroatoms. The molecule has 0 spiro atoms. The van der Waals surface area contributed by atoms with E-state index in [-0.39, 0.29) is 29.0 Å². The van der Waals surface area contributed by atoms with Crippen LogP contribution in [0.15, 0.2) is 23.4 Å². The Labute approximate surface area is 135 Å². The summed E-state index contributed by atoms with van der Waals surface area (Å²) >= 11 is 5.65. The molecule has 2 rings (SSSR count). The van der Waals surface area contributed by atoms with Gasteiger partial charge in [0.1, 0.15) is 5.82 Å². The smallest absolute Gasteiger partial charge is 0.387 e. The molecular weight excluding hydrogens is 362 g/mol. The Bertz CT molecular complexity index is 748. The van der Waals surface area contributed by atoms with Gasteiger partial charge in [0, 0.05) is 12.0 Å². The zero-order valence-electron chi connectivity index (χ0n) is 11.8. The third-order valence-electron chi connectivity index (χ3n) is 3.26. The quantitative estimate of drug-likeness (QED) is 0.602. The van der Waals surface area contributed by atoms with E-state index in [4.69, 9.17) is 16.4 Å². The minimum absolute atomic E-state index is 0.00413. The third-order valence-corrected chi connectivity index (χ3v) is 5.45. The molecule has 0 bridgehead atoms. The molecule has 0 aromatic heterocycles. The molecule has 1 atom stereocenters. The number of halogens is 5. The van der Waals surface area contributed by atoms with Gasteiger partial charge in [-0.2, -0.15) is 13.2 Å². The van der Waals surface area contributed by atoms with Gasteiger partial charge in [-0.05, 0) is 19.1 Å². The first kappa shape index (κ1) is 18.0. The first-order valence-corrected chi connectivity index (χ1v) is 8.55. The number of alkyl halides is 4. The number of oxime groups is 1. The van der Waals surface area contributed by atoms with Crippen LogP contribution < -0.4 is 0 Å². The van der Waals surface area contributed by atoms with Gasteiger partial charge >= 0.3 is 6.18 Å². The molecule has 1 aliphatic rings. The molecule has 1 unspecified atom stereocenters. The Morgan fingerprint density at radius 2 is 2.04 bits per heavy atom. The fourth-order valence-electron chi connectivity index (χ4n) is 1.91. The summed E-state index contributed by atoms with van der Waals surface area (Å²) in [5.74, 6) is -2.05. The van der Waals surface area contributed by atoms with Gasteiger partial charge in [0.15, 0.2) is 20.5 Å². The number of nitrogens with zero attached hydrogens (tertiary/aromatic N) is 1. The van der Waals surface area contributed by atoms with Crippen LogP contribution in [0.4, 0.5) is 17.6 Å². The van der Waals surface area contributed by atoms with Crippen LogP contribution in [-0.2, 0) is 26.6 Å². The van der Waals surface area contributed by atoms with Crippen LogP contribution >= 0.6 is 11.6 Å². The molecule has 0 saturated heterocycles. The van der Waals surface area contributed by atoms with Crippen molar-refractivity contribution in [3.05, 3.63) is 35.1 Å². The van der Waals surface area contributed by atoms with Crippen LogP contribution in [-0.4, -0.2) is 24.9 Å². The summed E-state index contributed by atoms with van der Waals surface area (Å²) in [6, 6.07) is 1.69. The van der Waals surface area contributed by atoms with Gasteiger partial charge in [-0.3, -0.25) is 0 Å². The van der Waals surface area contributed by atoms with Crippen LogP contribution in [0.3, 0.4) is 0 Å². The number of sulfone groups is 1. The zero-order chi connectivity index (χ0) is 17.5. The highest BCUT2D eigenvalue weighted by Gasteiger charge is 2.39. The van der Waals surface area contributed by atoms with Crippen molar-refractivity contribution in [3.63, 3.8) is 0 Å². The van der Waals surface area contributed by atoms with Gasteiger partial charge in [-0.25, -0.2) is 12.8 Å². The summed E-state index contributed by atoms with van der Waals surface area (Å²) in [5, 5.41) is 3.15. The van der Waals surface area contributed by atoms with E-state index in [1.807, 2.05) is 0 Å². The number of hydrogen-bond acceptors (Lipinski definition) is 4. The van der Waals surface area contributed by atoms with Gasteiger partial charge in [0.05, 0.1) is 17.2 Å². The van der Waals surface area contributed by atoms with E-state index in [0.717, 1.165) is 6.07 Å². The lowest BCUT2D eigenvalue weighted by Gasteiger charge is -2.16. The van der Waals surface area contributed by atoms with E-state index in [9.17, 15) is 26.0 Å². The molecule has 0 saturated carbocycles. The molecular formula is C13H12ClF4NO3S. The van der Waals surface area contributed by atoms with Crippen LogP contribution in [0.1, 0.15) is 24.5 Å². The predicted molar refractivity (Wildman–Crippen MR) is 76.3 cm³/mol. The first-order chi connectivity index (χ1) is 10.5. The van der Waals surface area contributed by atoms with Crippen LogP contribution in [0, 0.1) is 5.82 Å². The SMILES string of the molecule is CC1(CCl)CC(S(=O)(=O)Cc2ccc(C(F)(F)F)cc2F)=NO1. The fraction of sp³-hybridized carbons (Fsp3) is 0.462. The van der Waals surface area contributed by atoms with Crippen molar-refractivity contribution in [1.82, 2.24) is 0 Å². The van der Waals surface area contributed by atoms with Crippen molar-refractivity contribution in [3.8, 4) is 0 Å². The highest BCUT2D eigenvalue weighted by Crippen LogP contribution is 2.31. The molecule has 0 fully saturated rings. The molecule has 4 nitrogen and oxygen atoms in total. The second kappa shape index (κ2) is 5.94. The highest BCUT2D eigenvalue weighted by molar-refractivity contribution is 8.05. The Morgan fingerprint density at radius 1 is 1.39 bits per heavy atom. The van der Waals surface area contributed by atoms with Crippen LogP contribution in [0.2, 0.25) is 0 Å². The molecule has 1 aliphatic heterocycles. The van der Waals surface area contributed by atoms with Gasteiger partial charge in [-0.1, -0.05) is 11.2 Å². The summed E-state index contributed by atoms with van der Waals surface area (Å²) in [7, 11) is -4.02. The van der Waals surface area contributed by atoms with Gasteiger partial charge in [-0.15, -0.1) is 11.6 Å². The normalized spacial score (nSPS) is 21.9. The zero-order valence-corrected chi connectivity index (χ0v) is 13.4. The Balaban J connectivity index is 2.22. The Morgan fingerprint density at radius 3 is 2.52 bits per heavy atom. The molecule has 23 heavy (non-hydrogen) atoms. The summed E-state index contributed by atoms with van der Waals surface area (Å²) in [6.07, 6.45) is -4.79. The minimum atomic E-state index is -4.70. The summed E-state index contributed by atoms with van der Waals surface area (Å²) < 4.78 is 75.6. The summed E-state index contributed by atoms with van der Waals surface area (Å²) in [5.41, 5.74) is -2.53. The second-order valence-corrected chi connectivity index (χ2v) is 7.66. The van der Waals surface area contributed by atoms with E-state index in [2.05, 4.69) is 5.16 Å². The monoisotopic (exact) mass is 373 g/mol. The van der Waals surface area contributed by atoms with Crippen LogP contribution in [0.5, 0.6) is 0 Å². The number of rotatable bonds is 3. The van der Waals surface area contributed by atoms with E-state index in [0.29, 0.717) is 6.07 Å². The molecule has 0 N–H and O–H groups in total. The predicted octanol–water partition coefficient (Wildman–Crippen LogP) is 3.49. The third kappa shape index (κ3) is 3.95. The maximum absolute atomic E-state index is 13.8. The van der Waals surface area contributed by atoms with Crippen molar-refractivity contribution in [2.45, 2.75) is 30.9 Å². The van der Waals surface area contributed by atoms with E-state index in [1.54, 1.807) is 6.92 Å². The summed E-state index contributed by atoms with van der Waals surface area (Å²) in [6.45, 7) is 1.56. The highest BCUT2D eigenvalue weighted by atomic mass is 35.5. The van der Waals surface area contributed by atoms with E-state index < -0.39 is 38.7 Å². The van der Waals surface area contributed by atoms with E-state index in [1.165, 1.54) is 0 Å². The second-order valence-electron chi connectivity index (χ2n) is 5.40. The lowest BCUT2D eigenvalue weighted by molar-refractivity contribution is -0.137. The topological polar surface area (TPSA) is 55.7 Å². The van der Waals surface area contributed by atoms with Crippen molar-refractivity contribution in [2.75, 3.05) is 5.88 Å². The van der Waals surface area contributed by atoms with Crippen LogP contribution in [0.25, 0.3) is 0 Å². The molecule has 1 aromatic rings. The van der Waals surface area contributed by atoms with E-state index >= 15 is 0 Å². The lowest BCUT2D eigenvalue weighted by atomic mass is 10.1. The molecule has 1 aromatic carbocycles. The van der Waals surface area contributed by atoms with Crippen molar-refractivity contribution in [2.24, 2.45) is 5.16 Å². The molecule has 0 radical (unpaired) electrons. The maximum Gasteiger partial charge on any atom is 0.416 e. The maximum atomic E-state index is 13.8. The molecule has 128 valence electrons. The Kier molecular flexibility index (Phi) is 4.64. The van der Waals surface area contributed by atoms with Gasteiger partial charge in [0.25, 0.3) is 0 Å². The standard InChI is InChI=1S/C13H12ClF4NO3S/c1-12(7-14)5-11(19-22-12)23(20,21)6-8-2-3-9(4-10(8)15)13(16,17)18/h2-4H,5-7H2,1H3. The molecule has 0 aliphatic carbocycles. The average Bonchev–Trinajstić information content (AvgIpc) is 2.84. The van der Waals surface area contributed by atoms with Gasteiger partial charge < -0.3 is 4.84 Å². The first-order valence-electron chi connectivity index (χ1n) is 6.36. The number of benzene rings is 1. The van der Waals surface area contributed by atoms with Gasteiger partial charge in [0.2, 0.25) is 0 Å². The minimum Gasteiger partial charge on any atom is -0.387 e. The van der Waals surface area contributed by atoms with Crippen molar-refractivity contribution in [1.29, 1.82) is 0 Å². The van der Waals surface area contributed by atoms with Crippen molar-refractivity contribution >= 4 is 26.5 Å².